The summed E-state index contributed by atoms with van der Waals surface area (Å²) in [7, 11) is 1.40. The van der Waals surface area contributed by atoms with Crippen molar-refractivity contribution in [1.29, 1.82) is 0 Å². The molecule has 0 saturated heterocycles. The summed E-state index contributed by atoms with van der Waals surface area (Å²) in [5, 5.41) is 2.85. The van der Waals surface area contributed by atoms with Crippen molar-refractivity contribution in [2.24, 2.45) is 5.92 Å². The predicted octanol–water partition coefficient (Wildman–Crippen LogP) is 0.895. The summed E-state index contributed by atoms with van der Waals surface area (Å²) in [6, 6.07) is 0. The quantitative estimate of drug-likeness (QED) is 0.589. The van der Waals surface area contributed by atoms with E-state index in [0.29, 0.717) is 0 Å². The van der Waals surface area contributed by atoms with Gasteiger partial charge in [0.25, 0.3) is 0 Å². The van der Waals surface area contributed by atoms with Crippen LogP contribution in [0.1, 0.15) is 19.3 Å². The Labute approximate surface area is 59.7 Å². The van der Waals surface area contributed by atoms with Crippen molar-refractivity contribution in [2.45, 2.75) is 24.8 Å². The Kier molecular flexibility index (Phi) is 0.993. The van der Waals surface area contributed by atoms with E-state index >= 15 is 0 Å². The van der Waals surface area contributed by atoms with Crippen molar-refractivity contribution in [3.05, 3.63) is 0 Å². The summed E-state index contributed by atoms with van der Waals surface area (Å²) in [6.45, 7) is 0. The van der Waals surface area contributed by atoms with Crippen LogP contribution in [-0.4, -0.2) is 18.7 Å². The van der Waals surface area contributed by atoms with Gasteiger partial charge in [-0.15, -0.1) is 0 Å². The van der Waals surface area contributed by atoms with Gasteiger partial charge in [-0.25, -0.2) is 4.79 Å². The smallest absolute Gasteiger partial charge is 0.407 e. The number of nitrogens with one attached hydrogen (secondary N) is 1. The first-order chi connectivity index (χ1) is 4.74. The van der Waals surface area contributed by atoms with Gasteiger partial charge in [0.1, 0.15) is 0 Å². The number of hydrogen-bond donors (Lipinski definition) is 1. The van der Waals surface area contributed by atoms with E-state index in [4.69, 9.17) is 0 Å². The number of methoxy groups -OCH3 is 1. The molecular weight excluding hydrogens is 130 g/mol. The molecule has 2 bridgehead atoms. The summed E-state index contributed by atoms with van der Waals surface area (Å²) in [6.07, 6.45) is 3.23. The first-order valence-corrected chi connectivity index (χ1v) is 3.60. The molecule has 0 aliphatic heterocycles. The number of amides is 1. The fraction of sp³-hybridized carbons (Fsp3) is 0.857. The fourth-order valence-corrected chi connectivity index (χ4v) is 1.90. The molecule has 0 aromatic carbocycles. The third-order valence-electron chi connectivity index (χ3n) is 2.59. The number of carbonyl (C=O) groups is 1. The largest absolute Gasteiger partial charge is 0.453 e. The van der Waals surface area contributed by atoms with E-state index in [2.05, 4.69) is 10.1 Å². The van der Waals surface area contributed by atoms with E-state index in [-0.39, 0.29) is 11.6 Å². The minimum Gasteiger partial charge on any atom is -0.453 e. The molecule has 3 heteroatoms. The Morgan fingerprint density at radius 2 is 2.20 bits per heavy atom. The van der Waals surface area contributed by atoms with Crippen LogP contribution >= 0.6 is 0 Å². The number of hydrogen-bond acceptors (Lipinski definition) is 2. The van der Waals surface area contributed by atoms with Crippen LogP contribution < -0.4 is 5.32 Å². The highest BCUT2D eigenvalue weighted by molar-refractivity contribution is 5.68. The summed E-state index contributed by atoms with van der Waals surface area (Å²) in [5.41, 5.74) is 0.164. The lowest BCUT2D eigenvalue weighted by Gasteiger charge is -2.61. The molecule has 10 heavy (non-hydrogen) atoms. The zero-order valence-corrected chi connectivity index (χ0v) is 6.02. The van der Waals surface area contributed by atoms with E-state index in [1.165, 1.54) is 26.4 Å². The van der Waals surface area contributed by atoms with Crippen LogP contribution in [-0.2, 0) is 4.74 Å². The lowest BCUT2D eigenvalue weighted by atomic mass is 9.50. The van der Waals surface area contributed by atoms with Crippen molar-refractivity contribution in [2.75, 3.05) is 7.11 Å². The Morgan fingerprint density at radius 1 is 1.60 bits per heavy atom. The second-order valence-electron chi connectivity index (χ2n) is 3.38. The number of carbonyl (C=O) groups excluding carboxylic acids is 1. The zero-order chi connectivity index (χ0) is 7.19. The molecule has 0 atom stereocenters. The molecule has 0 aromatic rings. The number of alkyl carbamates (subject to hydrolysis) is 1. The summed E-state index contributed by atoms with van der Waals surface area (Å²) in [5.74, 6) is 0.900. The second kappa shape index (κ2) is 1.65. The van der Waals surface area contributed by atoms with E-state index in [1.54, 1.807) is 0 Å². The molecule has 56 valence electrons. The van der Waals surface area contributed by atoms with Crippen LogP contribution in [0.3, 0.4) is 0 Å². The van der Waals surface area contributed by atoms with Gasteiger partial charge in [-0.05, 0) is 25.2 Å². The molecule has 3 rings (SSSR count). The number of ether oxygens (including phenoxy) is 1. The standard InChI is InChI=1S/C7H11NO2/c1-10-6(9)8-7-2-5(3-7)4-7/h5H,2-4H2,1H3,(H,8,9). The van der Waals surface area contributed by atoms with Gasteiger partial charge in [-0.2, -0.15) is 0 Å². The van der Waals surface area contributed by atoms with E-state index in [9.17, 15) is 4.79 Å². The van der Waals surface area contributed by atoms with Crippen LogP contribution in [0.5, 0.6) is 0 Å². The lowest BCUT2D eigenvalue weighted by Crippen LogP contribution is -2.68. The molecule has 3 fully saturated rings. The molecule has 0 heterocycles. The molecule has 0 unspecified atom stereocenters. The van der Waals surface area contributed by atoms with Gasteiger partial charge >= 0.3 is 6.09 Å². The van der Waals surface area contributed by atoms with Crippen LogP contribution in [0.15, 0.2) is 0 Å². The van der Waals surface area contributed by atoms with Gasteiger partial charge in [0.2, 0.25) is 0 Å². The van der Waals surface area contributed by atoms with Crippen LogP contribution in [0, 0.1) is 5.92 Å². The van der Waals surface area contributed by atoms with E-state index < -0.39 is 0 Å². The maximum atomic E-state index is 10.7. The lowest BCUT2D eigenvalue weighted by molar-refractivity contribution is -0.0462. The SMILES string of the molecule is COC(=O)NC12CC(C1)C2. The van der Waals surface area contributed by atoms with Crippen molar-refractivity contribution in [3.8, 4) is 0 Å². The average Bonchev–Trinajstić information content (AvgIpc) is 1.75. The first-order valence-electron chi connectivity index (χ1n) is 3.60. The molecule has 1 N–H and O–H groups in total. The molecular formula is C7H11NO2. The summed E-state index contributed by atoms with van der Waals surface area (Å²) < 4.78 is 4.50. The molecule has 3 nitrogen and oxygen atoms in total. The van der Waals surface area contributed by atoms with Gasteiger partial charge in [0.15, 0.2) is 0 Å². The highest BCUT2D eigenvalue weighted by Gasteiger charge is 2.57. The third kappa shape index (κ3) is 0.632. The maximum Gasteiger partial charge on any atom is 0.407 e. The van der Waals surface area contributed by atoms with E-state index in [1.807, 2.05) is 0 Å². The summed E-state index contributed by atoms with van der Waals surface area (Å²) >= 11 is 0. The van der Waals surface area contributed by atoms with Gasteiger partial charge in [-0.1, -0.05) is 0 Å². The summed E-state index contributed by atoms with van der Waals surface area (Å²) in [4.78, 5) is 10.7. The van der Waals surface area contributed by atoms with Gasteiger partial charge < -0.3 is 10.1 Å². The Morgan fingerprint density at radius 3 is 2.50 bits per heavy atom. The van der Waals surface area contributed by atoms with Crippen molar-refractivity contribution in [3.63, 3.8) is 0 Å². The minimum absolute atomic E-state index is 0.164. The van der Waals surface area contributed by atoms with Crippen LogP contribution in [0.2, 0.25) is 0 Å². The highest BCUT2D eigenvalue weighted by Crippen LogP contribution is 2.56. The molecule has 0 radical (unpaired) electrons. The third-order valence-corrected chi connectivity index (χ3v) is 2.59. The van der Waals surface area contributed by atoms with Gasteiger partial charge in [0.05, 0.1) is 7.11 Å². The normalized spacial score (nSPS) is 41.1. The van der Waals surface area contributed by atoms with Crippen molar-refractivity contribution >= 4 is 6.09 Å². The van der Waals surface area contributed by atoms with Crippen molar-refractivity contribution < 1.29 is 9.53 Å². The van der Waals surface area contributed by atoms with Crippen LogP contribution in [0.4, 0.5) is 4.79 Å². The zero-order valence-electron chi connectivity index (χ0n) is 6.02. The molecule has 3 saturated carbocycles. The topological polar surface area (TPSA) is 38.3 Å². The molecule has 1 amide bonds. The van der Waals surface area contributed by atoms with Gasteiger partial charge in [-0.3, -0.25) is 0 Å². The minimum atomic E-state index is -0.279. The maximum absolute atomic E-state index is 10.7. The molecule has 0 spiro atoms. The predicted molar refractivity (Wildman–Crippen MR) is 35.6 cm³/mol. The molecule has 3 aliphatic rings. The Bertz CT molecular complexity index is 161. The first kappa shape index (κ1) is 6.01. The molecule has 3 aliphatic carbocycles. The second-order valence-corrected chi connectivity index (χ2v) is 3.38. The Hall–Kier alpha value is -0.730. The Balaban J connectivity index is 1.84. The fourth-order valence-electron chi connectivity index (χ4n) is 1.90. The molecule has 0 aromatic heterocycles. The van der Waals surface area contributed by atoms with Crippen LogP contribution in [0.25, 0.3) is 0 Å². The average molecular weight is 141 g/mol. The van der Waals surface area contributed by atoms with E-state index in [0.717, 1.165) is 5.92 Å². The monoisotopic (exact) mass is 141 g/mol. The number of rotatable bonds is 1. The van der Waals surface area contributed by atoms with Gasteiger partial charge in [0, 0.05) is 5.54 Å². The highest BCUT2D eigenvalue weighted by atomic mass is 16.5. The van der Waals surface area contributed by atoms with Crippen molar-refractivity contribution in [1.82, 2.24) is 5.32 Å².